The van der Waals surface area contributed by atoms with Crippen LogP contribution in [0.1, 0.15) is 31.7 Å². The molecule has 7 heteroatoms. The van der Waals surface area contributed by atoms with Crippen LogP contribution < -0.4 is 5.73 Å². The summed E-state index contributed by atoms with van der Waals surface area (Å²) >= 11 is 0. The number of carbonyl (C=O) groups is 2. The van der Waals surface area contributed by atoms with Crippen LogP contribution in [0.25, 0.3) is 0 Å². The summed E-state index contributed by atoms with van der Waals surface area (Å²) in [4.78, 5) is 31.2. The molecule has 24 heavy (non-hydrogen) atoms. The van der Waals surface area contributed by atoms with Crippen molar-refractivity contribution in [3.05, 3.63) is 23.9 Å². The number of pyridine rings is 1. The number of carbonyl (C=O) groups excluding carboxylic acids is 1. The van der Waals surface area contributed by atoms with Gasteiger partial charge < -0.3 is 15.7 Å². The van der Waals surface area contributed by atoms with Gasteiger partial charge in [-0.05, 0) is 43.8 Å². The number of aromatic nitrogens is 1. The van der Waals surface area contributed by atoms with Crippen molar-refractivity contribution in [1.82, 2.24) is 14.8 Å². The lowest BCUT2D eigenvalue weighted by molar-refractivity contribution is -0.147. The lowest BCUT2D eigenvalue weighted by atomic mass is 9.76. The minimum absolute atomic E-state index is 0.0638. The Balaban J connectivity index is 1.63. The predicted octanol–water partition coefficient (Wildman–Crippen LogP) is 0.951. The first-order chi connectivity index (χ1) is 11.4. The van der Waals surface area contributed by atoms with E-state index in [1.54, 1.807) is 6.20 Å². The Hall–Kier alpha value is -2.15. The van der Waals surface area contributed by atoms with Crippen LogP contribution in [0.2, 0.25) is 0 Å². The zero-order chi connectivity index (χ0) is 17.3. The van der Waals surface area contributed by atoms with Crippen molar-refractivity contribution in [3.63, 3.8) is 0 Å². The van der Waals surface area contributed by atoms with Gasteiger partial charge in [-0.25, -0.2) is 9.78 Å². The van der Waals surface area contributed by atoms with Crippen molar-refractivity contribution < 1.29 is 14.7 Å². The van der Waals surface area contributed by atoms with Gasteiger partial charge in [0.1, 0.15) is 11.9 Å². The third-order valence-corrected chi connectivity index (χ3v) is 5.43. The molecule has 1 amide bonds. The Morgan fingerprint density at radius 3 is 2.67 bits per heavy atom. The van der Waals surface area contributed by atoms with E-state index in [0.717, 1.165) is 38.0 Å². The van der Waals surface area contributed by atoms with Crippen molar-refractivity contribution in [2.24, 2.45) is 5.41 Å². The molecule has 7 nitrogen and oxygen atoms in total. The lowest BCUT2D eigenvalue weighted by Crippen LogP contribution is -2.42. The van der Waals surface area contributed by atoms with Gasteiger partial charge in [-0.1, -0.05) is 6.07 Å². The molecule has 3 rings (SSSR count). The smallest absolute Gasteiger partial charge is 0.326 e. The number of hydrogen-bond acceptors (Lipinski definition) is 5. The summed E-state index contributed by atoms with van der Waals surface area (Å²) < 4.78 is 0. The molecule has 2 aliphatic heterocycles. The van der Waals surface area contributed by atoms with E-state index in [2.05, 4.69) is 9.88 Å². The predicted molar refractivity (Wildman–Crippen MR) is 89.0 cm³/mol. The highest BCUT2D eigenvalue weighted by Crippen LogP contribution is 2.43. The molecular weight excluding hydrogens is 308 g/mol. The number of aliphatic carboxylic acids is 1. The largest absolute Gasteiger partial charge is 0.480 e. The van der Waals surface area contributed by atoms with E-state index in [1.807, 2.05) is 12.1 Å². The number of nitrogens with two attached hydrogens (primary N) is 1. The highest BCUT2D eigenvalue weighted by molar-refractivity contribution is 5.83. The van der Waals surface area contributed by atoms with E-state index in [9.17, 15) is 14.7 Å². The molecule has 2 saturated heterocycles. The maximum Gasteiger partial charge on any atom is 0.326 e. The second-order valence-electron chi connectivity index (χ2n) is 7.03. The fraction of sp³-hybridized carbons (Fsp3) is 0.588. The summed E-state index contributed by atoms with van der Waals surface area (Å²) in [7, 11) is 0. The molecule has 1 spiro atoms. The van der Waals surface area contributed by atoms with Crippen molar-refractivity contribution in [3.8, 4) is 0 Å². The van der Waals surface area contributed by atoms with E-state index in [-0.39, 0.29) is 11.3 Å². The van der Waals surface area contributed by atoms with Crippen molar-refractivity contribution in [2.45, 2.75) is 38.8 Å². The van der Waals surface area contributed by atoms with Crippen LogP contribution in [0, 0.1) is 5.41 Å². The first-order valence-corrected chi connectivity index (χ1v) is 8.32. The van der Waals surface area contributed by atoms with E-state index in [1.165, 1.54) is 11.8 Å². The minimum atomic E-state index is -0.896. The van der Waals surface area contributed by atoms with Gasteiger partial charge in [0, 0.05) is 31.8 Å². The number of carboxylic acid groups (broad SMARTS) is 1. The van der Waals surface area contributed by atoms with Gasteiger partial charge >= 0.3 is 5.97 Å². The fourth-order valence-corrected chi connectivity index (χ4v) is 3.98. The molecule has 1 aromatic heterocycles. The molecule has 130 valence electrons. The third kappa shape index (κ3) is 3.21. The molecule has 2 fully saturated rings. The Kier molecular flexibility index (Phi) is 4.45. The van der Waals surface area contributed by atoms with Gasteiger partial charge in [-0.15, -0.1) is 0 Å². The standard InChI is InChI=1S/C17H24N4O3/c1-12(22)21-11-17(9-14(21)16(23)24)4-7-20(8-5-17)10-13-3-2-6-19-15(13)18/h2-3,6,14H,4-5,7-11H2,1H3,(H2,18,19)(H,23,24)/t14-/m1/s1. The molecule has 0 bridgehead atoms. The highest BCUT2D eigenvalue weighted by Gasteiger charge is 2.49. The lowest BCUT2D eigenvalue weighted by Gasteiger charge is -2.39. The van der Waals surface area contributed by atoms with Gasteiger partial charge in [0.05, 0.1) is 0 Å². The number of rotatable bonds is 3. The van der Waals surface area contributed by atoms with Gasteiger partial charge in [-0.3, -0.25) is 9.69 Å². The molecule has 3 heterocycles. The van der Waals surface area contributed by atoms with E-state index in [0.29, 0.717) is 18.8 Å². The van der Waals surface area contributed by atoms with Crippen LogP contribution in [0.5, 0.6) is 0 Å². The summed E-state index contributed by atoms with van der Waals surface area (Å²) in [6.07, 6.45) is 4.05. The SMILES string of the molecule is CC(=O)N1CC2(CCN(Cc3cccnc3N)CC2)C[C@@H]1C(=O)O. The number of nitrogen functional groups attached to an aromatic ring is 1. The molecule has 2 aliphatic rings. The summed E-state index contributed by atoms with van der Waals surface area (Å²) in [5.41, 5.74) is 6.87. The quantitative estimate of drug-likeness (QED) is 0.855. The Bertz CT molecular complexity index is 616. The number of anilines is 1. The fourth-order valence-electron chi connectivity index (χ4n) is 3.98. The van der Waals surface area contributed by atoms with E-state index < -0.39 is 12.0 Å². The van der Waals surface area contributed by atoms with Crippen molar-refractivity contribution >= 4 is 17.7 Å². The van der Waals surface area contributed by atoms with Gasteiger partial charge in [0.25, 0.3) is 0 Å². The van der Waals surface area contributed by atoms with E-state index >= 15 is 0 Å². The number of carboxylic acids is 1. The topological polar surface area (TPSA) is 99.8 Å². The van der Waals surface area contributed by atoms with Crippen LogP contribution in [-0.2, 0) is 16.1 Å². The third-order valence-electron chi connectivity index (χ3n) is 5.43. The molecule has 1 atom stereocenters. The van der Waals surface area contributed by atoms with E-state index in [4.69, 9.17) is 5.73 Å². The molecule has 0 radical (unpaired) electrons. The normalized spacial score (nSPS) is 23.5. The van der Waals surface area contributed by atoms with Crippen LogP contribution in [0.15, 0.2) is 18.3 Å². The first-order valence-electron chi connectivity index (χ1n) is 8.32. The Morgan fingerprint density at radius 2 is 2.12 bits per heavy atom. The molecule has 0 saturated carbocycles. The van der Waals surface area contributed by atoms with Crippen LogP contribution in [0.4, 0.5) is 5.82 Å². The maximum atomic E-state index is 11.8. The number of likely N-dealkylation sites (tertiary alicyclic amines) is 2. The van der Waals surface area contributed by atoms with Crippen LogP contribution in [0.3, 0.4) is 0 Å². The first kappa shape index (κ1) is 16.7. The number of piperidine rings is 1. The summed E-state index contributed by atoms with van der Waals surface area (Å²) in [5, 5.41) is 9.40. The molecule has 0 unspecified atom stereocenters. The molecule has 0 aliphatic carbocycles. The van der Waals surface area contributed by atoms with Crippen LogP contribution in [-0.4, -0.2) is 57.4 Å². The highest BCUT2D eigenvalue weighted by atomic mass is 16.4. The average molecular weight is 332 g/mol. The van der Waals surface area contributed by atoms with Gasteiger partial charge in [0.15, 0.2) is 0 Å². The monoisotopic (exact) mass is 332 g/mol. The summed E-state index contributed by atoms with van der Waals surface area (Å²) in [6.45, 7) is 4.53. The molecule has 0 aromatic carbocycles. The Morgan fingerprint density at radius 1 is 1.42 bits per heavy atom. The maximum absolute atomic E-state index is 11.8. The summed E-state index contributed by atoms with van der Waals surface area (Å²) in [6, 6.07) is 3.19. The van der Waals surface area contributed by atoms with Crippen LogP contribution >= 0.6 is 0 Å². The zero-order valence-corrected chi connectivity index (χ0v) is 13.9. The average Bonchev–Trinajstić information content (AvgIpc) is 2.92. The van der Waals surface area contributed by atoms with Crippen molar-refractivity contribution in [1.29, 1.82) is 0 Å². The number of amides is 1. The Labute approximate surface area is 141 Å². The number of nitrogens with zero attached hydrogens (tertiary/aromatic N) is 3. The van der Waals surface area contributed by atoms with Crippen molar-refractivity contribution in [2.75, 3.05) is 25.4 Å². The molecular formula is C17H24N4O3. The second kappa shape index (κ2) is 6.39. The molecule has 1 aromatic rings. The summed E-state index contributed by atoms with van der Waals surface area (Å²) in [5.74, 6) is -0.482. The molecule has 3 N–H and O–H groups in total. The number of hydrogen-bond donors (Lipinski definition) is 2. The second-order valence-corrected chi connectivity index (χ2v) is 7.03. The van der Waals surface area contributed by atoms with Gasteiger partial charge in [0.2, 0.25) is 5.91 Å². The van der Waals surface area contributed by atoms with Gasteiger partial charge in [-0.2, -0.15) is 0 Å². The zero-order valence-electron chi connectivity index (χ0n) is 13.9. The minimum Gasteiger partial charge on any atom is -0.480 e.